The molecular weight excluding hydrogens is 392 g/mol. The second-order valence-electron chi connectivity index (χ2n) is 8.93. The highest BCUT2D eigenvalue weighted by Gasteiger charge is 2.65. The Bertz CT molecular complexity index is 336. The summed E-state index contributed by atoms with van der Waals surface area (Å²) in [5, 5.41) is -0.278. The van der Waals surface area contributed by atoms with Gasteiger partial charge >= 0.3 is 17.6 Å². The second-order valence-corrected chi connectivity index (χ2v) is 15.1. The summed E-state index contributed by atoms with van der Waals surface area (Å²) in [4.78, 5) is 0. The van der Waals surface area contributed by atoms with Crippen molar-refractivity contribution in [3.63, 3.8) is 0 Å². The predicted molar refractivity (Wildman–Crippen MR) is 118 cm³/mol. The maximum atomic E-state index is 6.46. The second kappa shape index (κ2) is 12.1. The lowest BCUT2D eigenvalue weighted by atomic mass is 10.5. The average Bonchev–Trinajstić information content (AvgIpc) is 2.41. The minimum atomic E-state index is -3.24. The van der Waals surface area contributed by atoms with E-state index in [1.807, 2.05) is 83.1 Å². The minimum absolute atomic E-state index is 0.0598. The van der Waals surface area contributed by atoms with Gasteiger partial charge in [-0.3, -0.25) is 0 Å². The third-order valence-electron chi connectivity index (χ3n) is 3.46. The van der Waals surface area contributed by atoms with Crippen LogP contribution in [0.3, 0.4) is 0 Å². The summed E-state index contributed by atoms with van der Waals surface area (Å²) in [6.07, 6.45) is -0.359. The highest BCUT2D eigenvalue weighted by molar-refractivity contribution is 6.82. The van der Waals surface area contributed by atoms with E-state index in [4.69, 9.17) is 26.6 Å². The molecule has 0 amide bonds. The van der Waals surface area contributed by atoms with Crippen LogP contribution in [0.1, 0.15) is 90.0 Å². The van der Waals surface area contributed by atoms with Crippen LogP contribution in [0.5, 0.6) is 0 Å². The third-order valence-corrected chi connectivity index (χ3v) is 12.5. The van der Waals surface area contributed by atoms with Crippen LogP contribution in [0.4, 0.5) is 0 Å². The minimum Gasteiger partial charge on any atom is -0.371 e. The summed E-state index contributed by atoms with van der Waals surface area (Å²) >= 11 is 0. The van der Waals surface area contributed by atoms with Gasteiger partial charge < -0.3 is 26.6 Å². The molecule has 0 aromatic heterocycles. The third kappa shape index (κ3) is 9.34. The molecule has 0 heterocycles. The topological polar surface area (TPSA) is 55.4 Å². The summed E-state index contributed by atoms with van der Waals surface area (Å²) in [5.41, 5.74) is 0. The van der Waals surface area contributed by atoms with Gasteiger partial charge in [0.2, 0.25) is 0 Å². The fraction of sp³-hybridized carbons (Fsp3) is 1.00. The van der Waals surface area contributed by atoms with Crippen LogP contribution in [0.2, 0.25) is 5.16 Å². The monoisotopic (exact) mass is 438 g/mol. The van der Waals surface area contributed by atoms with Crippen molar-refractivity contribution in [2.24, 2.45) is 0 Å². The quantitative estimate of drug-likeness (QED) is 0.341. The Morgan fingerprint density at radius 3 is 0.571 bits per heavy atom. The Morgan fingerprint density at radius 1 is 0.321 bits per heavy atom. The lowest BCUT2D eigenvalue weighted by Gasteiger charge is -2.45. The van der Waals surface area contributed by atoms with Gasteiger partial charge in [-0.05, 0) is 83.1 Å². The molecular formula is C20H46O6Si2. The van der Waals surface area contributed by atoms with E-state index in [1.54, 1.807) is 0 Å². The Hall–Kier alpha value is 0.194. The molecule has 6 nitrogen and oxygen atoms in total. The van der Waals surface area contributed by atoms with Gasteiger partial charge in [0.1, 0.15) is 0 Å². The molecule has 0 saturated heterocycles. The van der Waals surface area contributed by atoms with E-state index in [2.05, 4.69) is 6.92 Å². The van der Waals surface area contributed by atoms with E-state index < -0.39 is 17.6 Å². The van der Waals surface area contributed by atoms with Gasteiger partial charge in [-0.1, -0.05) is 6.92 Å². The van der Waals surface area contributed by atoms with E-state index in [-0.39, 0.29) is 41.8 Å². The molecule has 170 valence electrons. The zero-order valence-corrected chi connectivity index (χ0v) is 22.5. The highest BCUT2D eigenvalue weighted by atomic mass is 28.5. The van der Waals surface area contributed by atoms with Gasteiger partial charge in [-0.2, -0.15) is 0 Å². The molecule has 0 aliphatic rings. The molecule has 0 atom stereocenters. The van der Waals surface area contributed by atoms with E-state index in [0.717, 1.165) is 0 Å². The van der Waals surface area contributed by atoms with Crippen LogP contribution >= 0.6 is 0 Å². The Balaban J connectivity index is 6.49. The van der Waals surface area contributed by atoms with Gasteiger partial charge in [0.05, 0.1) is 5.16 Å². The average molecular weight is 439 g/mol. The molecule has 0 spiro atoms. The molecule has 0 fully saturated rings. The van der Waals surface area contributed by atoms with Crippen molar-refractivity contribution < 1.29 is 26.6 Å². The first-order chi connectivity index (χ1) is 12.7. The fourth-order valence-corrected chi connectivity index (χ4v) is 11.4. The summed E-state index contributed by atoms with van der Waals surface area (Å²) < 4.78 is 38.8. The van der Waals surface area contributed by atoms with Crippen molar-refractivity contribution in [3.8, 4) is 0 Å². The van der Waals surface area contributed by atoms with Crippen molar-refractivity contribution in [3.05, 3.63) is 0 Å². The fourth-order valence-electron chi connectivity index (χ4n) is 2.97. The SMILES string of the molecule is CC(C)O[Si](OC(C)C)(OC(C)C)C(C)[Si](OC(C)C)(OC(C)C)OC(C)C. The van der Waals surface area contributed by atoms with E-state index in [0.29, 0.717) is 0 Å². The molecule has 8 heteroatoms. The summed E-state index contributed by atoms with van der Waals surface area (Å²) in [5.74, 6) is 0. The van der Waals surface area contributed by atoms with Gasteiger partial charge in [0, 0.05) is 36.6 Å². The number of rotatable bonds is 14. The van der Waals surface area contributed by atoms with Crippen LogP contribution in [0.25, 0.3) is 0 Å². The number of hydrogen-bond donors (Lipinski definition) is 0. The van der Waals surface area contributed by atoms with Crippen molar-refractivity contribution in [2.45, 2.75) is 132 Å². The standard InChI is InChI=1S/C20H46O6Si2/c1-14(2)21-27(22-15(3)4,23-16(5)6)20(13)28(24-17(7)8,25-18(9)10)26-19(11)12/h14-20H,1-13H3. The van der Waals surface area contributed by atoms with Crippen molar-refractivity contribution in [1.82, 2.24) is 0 Å². The molecule has 0 bridgehead atoms. The maximum Gasteiger partial charge on any atom is 0.509 e. The van der Waals surface area contributed by atoms with Crippen LogP contribution in [-0.4, -0.2) is 54.2 Å². The Labute approximate surface area is 176 Å². The van der Waals surface area contributed by atoms with Gasteiger partial charge in [-0.15, -0.1) is 0 Å². The molecule has 0 radical (unpaired) electrons. The van der Waals surface area contributed by atoms with E-state index in [1.165, 1.54) is 0 Å². The zero-order valence-electron chi connectivity index (χ0n) is 20.5. The summed E-state index contributed by atoms with van der Waals surface area (Å²) in [7, 11) is -6.47. The molecule has 0 saturated carbocycles. The summed E-state index contributed by atoms with van der Waals surface area (Å²) in [6, 6.07) is 0. The van der Waals surface area contributed by atoms with E-state index >= 15 is 0 Å². The van der Waals surface area contributed by atoms with Gasteiger partial charge in [-0.25, -0.2) is 0 Å². The Kier molecular flexibility index (Phi) is 12.2. The highest BCUT2D eigenvalue weighted by Crippen LogP contribution is 2.40. The maximum absolute atomic E-state index is 6.46. The van der Waals surface area contributed by atoms with Gasteiger partial charge in [0.25, 0.3) is 0 Å². The van der Waals surface area contributed by atoms with Crippen molar-refractivity contribution >= 4 is 17.6 Å². The molecule has 0 aliphatic heterocycles. The molecule has 0 rings (SSSR count). The van der Waals surface area contributed by atoms with Crippen LogP contribution < -0.4 is 0 Å². The first-order valence-electron chi connectivity index (χ1n) is 10.7. The van der Waals surface area contributed by atoms with E-state index in [9.17, 15) is 0 Å². The zero-order chi connectivity index (χ0) is 22.3. The van der Waals surface area contributed by atoms with Gasteiger partial charge in [0.15, 0.2) is 0 Å². The smallest absolute Gasteiger partial charge is 0.371 e. The normalized spacial score (nSPS) is 14.1. The Morgan fingerprint density at radius 2 is 0.464 bits per heavy atom. The molecule has 0 aromatic rings. The van der Waals surface area contributed by atoms with Crippen molar-refractivity contribution in [1.29, 1.82) is 0 Å². The lowest BCUT2D eigenvalue weighted by molar-refractivity contribution is -0.0278. The van der Waals surface area contributed by atoms with Crippen LogP contribution in [-0.2, 0) is 26.6 Å². The van der Waals surface area contributed by atoms with Crippen molar-refractivity contribution in [2.75, 3.05) is 0 Å². The predicted octanol–water partition coefficient (Wildman–Crippen LogP) is 5.34. The summed E-state index contributed by atoms with van der Waals surface area (Å²) in [6.45, 7) is 26.1. The molecule has 0 N–H and O–H groups in total. The molecule has 0 aliphatic carbocycles. The first-order valence-corrected chi connectivity index (χ1v) is 14.3. The first kappa shape index (κ1) is 28.2. The largest absolute Gasteiger partial charge is 0.509 e. The number of hydrogen-bond acceptors (Lipinski definition) is 6. The van der Waals surface area contributed by atoms with Crippen LogP contribution in [0.15, 0.2) is 0 Å². The molecule has 0 unspecified atom stereocenters. The lowest BCUT2D eigenvalue weighted by Crippen LogP contribution is -2.66. The van der Waals surface area contributed by atoms with Crippen LogP contribution in [0, 0.1) is 0 Å². The molecule has 0 aromatic carbocycles. The molecule has 28 heavy (non-hydrogen) atoms.